The monoisotopic (exact) mass is 552 g/mol. The van der Waals surface area contributed by atoms with Crippen molar-refractivity contribution < 1.29 is 17.3 Å². The molecular weight excluding hydrogens is 526 g/mol. The Bertz CT molecular complexity index is 1460. The molecule has 5 aromatic rings. The molecule has 0 saturated carbocycles. The van der Waals surface area contributed by atoms with Gasteiger partial charge in [0, 0.05) is 5.56 Å². The van der Waals surface area contributed by atoms with Gasteiger partial charge in [-0.25, -0.2) is 0 Å². The molecule has 0 aliphatic carbocycles. The highest BCUT2D eigenvalue weighted by Gasteiger charge is 2.44. The fourth-order valence-electron chi connectivity index (χ4n) is 4.31. The zero-order valence-electron chi connectivity index (χ0n) is 21.5. The van der Waals surface area contributed by atoms with E-state index in [4.69, 9.17) is 0 Å². The first-order chi connectivity index (χ1) is 19.4. The first kappa shape index (κ1) is 28.6. The Kier molecular flexibility index (Phi) is 9.74. The average Bonchev–Trinajstić information content (AvgIpc) is 2.99. The van der Waals surface area contributed by atoms with Crippen LogP contribution in [0.25, 0.3) is 5.57 Å². The van der Waals surface area contributed by atoms with Crippen LogP contribution in [0.1, 0.15) is 11.1 Å². The lowest BCUT2D eigenvalue weighted by atomic mass is 10.1. The molecule has 40 heavy (non-hydrogen) atoms. The zero-order valence-corrected chi connectivity index (χ0v) is 22.4. The SMILES string of the molecule is C(#Cc1ccccc1)/C(=C\[P+](c1ccccc1)(c1ccccc1)c1ccccc1)c1ccccc1.F[B-](F)(F)F. The average molecular weight is 552 g/mol. The van der Waals surface area contributed by atoms with E-state index in [1.807, 2.05) is 18.2 Å². The number of hydrogen-bond acceptors (Lipinski definition) is 0. The second-order valence-corrected chi connectivity index (χ2v) is 12.0. The lowest BCUT2D eigenvalue weighted by molar-refractivity contribution is 0.368. The lowest BCUT2D eigenvalue weighted by Crippen LogP contribution is -2.29. The summed E-state index contributed by atoms with van der Waals surface area (Å²) in [5, 5.41) is 3.94. The quantitative estimate of drug-likeness (QED) is 0.0890. The Morgan fingerprint density at radius 3 is 1.20 bits per heavy atom. The molecule has 0 spiro atoms. The molecule has 0 N–H and O–H groups in total. The molecular formula is C34H26BF4P. The maximum Gasteiger partial charge on any atom is 0.673 e. The molecule has 0 aromatic heterocycles. The summed E-state index contributed by atoms with van der Waals surface area (Å²) in [4.78, 5) is 0. The van der Waals surface area contributed by atoms with Crippen LogP contribution >= 0.6 is 7.26 Å². The van der Waals surface area contributed by atoms with Crippen LogP contribution in [0, 0.1) is 11.8 Å². The van der Waals surface area contributed by atoms with Gasteiger partial charge in [0.25, 0.3) is 0 Å². The molecule has 0 atom stereocenters. The maximum absolute atomic E-state index is 9.75. The van der Waals surface area contributed by atoms with Gasteiger partial charge in [-0.05, 0) is 54.1 Å². The third-order valence-corrected chi connectivity index (χ3v) is 10.00. The Morgan fingerprint density at radius 1 is 0.500 bits per heavy atom. The molecule has 198 valence electrons. The van der Waals surface area contributed by atoms with E-state index in [2.05, 4.69) is 151 Å². The number of hydrogen-bond donors (Lipinski definition) is 0. The van der Waals surface area contributed by atoms with E-state index >= 15 is 0 Å². The van der Waals surface area contributed by atoms with Gasteiger partial charge in [0.1, 0.15) is 23.2 Å². The van der Waals surface area contributed by atoms with Crippen molar-refractivity contribution in [2.24, 2.45) is 0 Å². The first-order valence-corrected chi connectivity index (χ1v) is 14.5. The molecule has 0 amide bonds. The fraction of sp³-hybridized carbons (Fsp3) is 0. The van der Waals surface area contributed by atoms with Gasteiger partial charge < -0.3 is 17.3 Å². The third-order valence-electron chi connectivity index (χ3n) is 6.01. The van der Waals surface area contributed by atoms with Crippen molar-refractivity contribution in [2.75, 3.05) is 0 Å². The van der Waals surface area contributed by atoms with Gasteiger partial charge in [0.05, 0.1) is 11.4 Å². The lowest BCUT2D eigenvalue weighted by Gasteiger charge is -2.24. The molecule has 0 radical (unpaired) electrons. The summed E-state index contributed by atoms with van der Waals surface area (Å²) in [7, 11) is -8.16. The van der Waals surface area contributed by atoms with Gasteiger partial charge in [0.2, 0.25) is 0 Å². The molecule has 0 aliphatic heterocycles. The number of allylic oxidation sites excluding steroid dienone is 1. The van der Waals surface area contributed by atoms with Crippen LogP contribution in [0.2, 0.25) is 0 Å². The summed E-state index contributed by atoms with van der Waals surface area (Å²) in [5.41, 5.74) is 3.18. The maximum atomic E-state index is 9.75. The molecule has 0 unspecified atom stereocenters. The van der Waals surface area contributed by atoms with Crippen molar-refractivity contribution in [3.05, 3.63) is 169 Å². The molecule has 6 heteroatoms. The van der Waals surface area contributed by atoms with Gasteiger partial charge in [-0.1, -0.05) is 115 Å². The summed E-state index contributed by atoms with van der Waals surface area (Å²) >= 11 is 0. The van der Waals surface area contributed by atoms with Crippen LogP contribution in [0.3, 0.4) is 0 Å². The molecule has 0 aliphatic rings. The molecule has 0 bridgehead atoms. The van der Waals surface area contributed by atoms with E-state index in [0.717, 1.165) is 16.7 Å². The predicted molar refractivity (Wildman–Crippen MR) is 163 cm³/mol. The Hall–Kier alpha value is -4.39. The summed E-state index contributed by atoms with van der Waals surface area (Å²) in [6.45, 7) is 0. The molecule has 0 nitrogen and oxygen atoms in total. The minimum atomic E-state index is -6.00. The van der Waals surface area contributed by atoms with E-state index in [1.165, 1.54) is 15.9 Å². The summed E-state index contributed by atoms with van der Waals surface area (Å²) in [6, 6.07) is 53.4. The second kappa shape index (κ2) is 13.6. The third kappa shape index (κ3) is 7.82. The van der Waals surface area contributed by atoms with Crippen molar-refractivity contribution in [2.45, 2.75) is 0 Å². The van der Waals surface area contributed by atoms with Crippen LogP contribution in [0.4, 0.5) is 17.3 Å². The minimum Gasteiger partial charge on any atom is -0.418 e. The highest BCUT2D eigenvalue weighted by Crippen LogP contribution is 2.58. The van der Waals surface area contributed by atoms with Crippen molar-refractivity contribution in [1.29, 1.82) is 0 Å². The van der Waals surface area contributed by atoms with Crippen LogP contribution in [-0.2, 0) is 0 Å². The fourth-order valence-corrected chi connectivity index (χ4v) is 8.18. The highest BCUT2D eigenvalue weighted by molar-refractivity contribution is 7.98. The standard InChI is InChI=1S/C34H26P.BF4/c1-6-16-29(17-7-1)26-27-31(30-18-8-2-9-19-30)28-35(32-20-10-3-11-21-32,33-22-12-4-13-23-33)34-24-14-5-15-25-34;2-1(3,4)5/h1-25,28H;/q+1;-1/b31-28+;. The largest absolute Gasteiger partial charge is 0.673 e. The summed E-state index contributed by atoms with van der Waals surface area (Å²) < 4.78 is 39.0. The Balaban J connectivity index is 0.000000681. The van der Waals surface area contributed by atoms with E-state index < -0.39 is 14.5 Å². The van der Waals surface area contributed by atoms with Crippen LogP contribution in [0.15, 0.2) is 157 Å². The highest BCUT2D eigenvalue weighted by atomic mass is 31.2. The van der Waals surface area contributed by atoms with Crippen molar-refractivity contribution in [3.8, 4) is 11.8 Å². The predicted octanol–water partition coefficient (Wildman–Crippen LogP) is 8.37. The van der Waals surface area contributed by atoms with Crippen molar-refractivity contribution in [1.82, 2.24) is 0 Å². The van der Waals surface area contributed by atoms with E-state index in [0.29, 0.717) is 0 Å². The molecule has 0 saturated heterocycles. The molecule has 0 fully saturated rings. The van der Waals surface area contributed by atoms with Crippen LogP contribution < -0.4 is 15.9 Å². The normalized spacial score (nSPS) is 11.4. The van der Waals surface area contributed by atoms with E-state index in [1.54, 1.807) is 0 Å². The van der Waals surface area contributed by atoms with E-state index in [9.17, 15) is 17.3 Å². The molecule has 5 aromatic carbocycles. The first-order valence-electron chi connectivity index (χ1n) is 12.6. The van der Waals surface area contributed by atoms with Crippen molar-refractivity contribution in [3.63, 3.8) is 0 Å². The van der Waals surface area contributed by atoms with Gasteiger partial charge in [-0.3, -0.25) is 0 Å². The van der Waals surface area contributed by atoms with Crippen LogP contribution in [0.5, 0.6) is 0 Å². The number of rotatable bonds is 5. The second-order valence-electron chi connectivity index (χ2n) is 8.75. The zero-order chi connectivity index (χ0) is 28.3. The molecule has 0 heterocycles. The Morgan fingerprint density at radius 2 is 0.825 bits per heavy atom. The topological polar surface area (TPSA) is 0 Å². The summed E-state index contributed by atoms with van der Waals surface area (Å²) in [6.07, 6.45) is 0. The minimum absolute atomic E-state index is 1.01. The van der Waals surface area contributed by atoms with E-state index in [-0.39, 0.29) is 0 Å². The van der Waals surface area contributed by atoms with Gasteiger partial charge in [-0.15, -0.1) is 0 Å². The van der Waals surface area contributed by atoms with Gasteiger partial charge >= 0.3 is 7.25 Å². The van der Waals surface area contributed by atoms with Crippen molar-refractivity contribution >= 4 is 36.0 Å². The van der Waals surface area contributed by atoms with Crippen LogP contribution in [-0.4, -0.2) is 7.25 Å². The number of benzene rings is 5. The van der Waals surface area contributed by atoms with Gasteiger partial charge in [-0.2, -0.15) is 0 Å². The Labute approximate surface area is 233 Å². The summed E-state index contributed by atoms with van der Waals surface area (Å²) in [5.74, 6) is 9.43. The molecule has 5 rings (SSSR count). The number of halogens is 4. The smallest absolute Gasteiger partial charge is 0.418 e. The van der Waals surface area contributed by atoms with Gasteiger partial charge in [0.15, 0.2) is 0 Å².